The Bertz CT molecular complexity index is 1220. The molecule has 0 fully saturated rings. The van der Waals surface area contributed by atoms with Gasteiger partial charge in [0, 0.05) is 31.0 Å². The number of carbonyl (C=O) groups is 1. The molecule has 1 aliphatic rings. The third-order valence-corrected chi connectivity index (χ3v) is 6.87. The summed E-state index contributed by atoms with van der Waals surface area (Å²) in [6, 6.07) is 10.2. The highest BCUT2D eigenvalue weighted by Gasteiger charge is 2.24. The molecule has 178 valence electrons. The van der Waals surface area contributed by atoms with Gasteiger partial charge in [0.15, 0.2) is 5.78 Å². The number of hydrogen-bond donors (Lipinski definition) is 4. The first-order valence-electron chi connectivity index (χ1n) is 11.2. The highest BCUT2D eigenvalue weighted by Crippen LogP contribution is 2.35. The number of rotatable bonds is 8. The zero-order valence-electron chi connectivity index (χ0n) is 19.2. The zero-order valence-corrected chi connectivity index (χ0v) is 20.0. The summed E-state index contributed by atoms with van der Waals surface area (Å²) in [5, 5.41) is 25.8. The Balaban J connectivity index is 1.59. The number of phenols is 1. The van der Waals surface area contributed by atoms with Gasteiger partial charge < -0.3 is 20.8 Å². The number of nitrogens with one attached hydrogen (secondary N) is 2. The number of ketones is 1. The van der Waals surface area contributed by atoms with Crippen LogP contribution in [0.2, 0.25) is 0 Å². The quantitative estimate of drug-likeness (QED) is 0.344. The van der Waals surface area contributed by atoms with Crippen LogP contribution >= 0.6 is 11.8 Å². The number of aliphatic hydroxyl groups excluding tert-OH is 1. The van der Waals surface area contributed by atoms with Crippen molar-refractivity contribution in [2.24, 2.45) is 5.92 Å². The van der Waals surface area contributed by atoms with E-state index in [1.807, 2.05) is 24.5 Å². The summed E-state index contributed by atoms with van der Waals surface area (Å²) in [5.41, 5.74) is 4.07. The lowest BCUT2D eigenvalue weighted by atomic mass is 9.97. The second-order valence-corrected chi connectivity index (χ2v) is 9.50. The number of pyridine rings is 1. The normalized spacial score (nSPS) is 13.5. The van der Waals surface area contributed by atoms with Crippen LogP contribution in [-0.2, 0) is 12.8 Å². The van der Waals surface area contributed by atoms with Crippen molar-refractivity contribution in [3.05, 3.63) is 70.7 Å². The van der Waals surface area contributed by atoms with Gasteiger partial charge >= 0.3 is 0 Å². The molecule has 0 amide bonds. The van der Waals surface area contributed by atoms with E-state index in [0.29, 0.717) is 22.6 Å². The second-order valence-electron chi connectivity index (χ2n) is 8.58. The molecule has 3 aromatic rings. The highest BCUT2D eigenvalue weighted by molar-refractivity contribution is 7.98. The van der Waals surface area contributed by atoms with E-state index in [1.54, 1.807) is 30.9 Å². The average molecular weight is 482 g/mol. The molecule has 2 aromatic carbocycles. The maximum Gasteiger partial charge on any atom is 0.173 e. The van der Waals surface area contributed by atoms with Crippen LogP contribution in [0.1, 0.15) is 33.5 Å². The van der Waals surface area contributed by atoms with Gasteiger partial charge in [0.2, 0.25) is 0 Å². The number of aryl methyl sites for hydroxylation is 2. The van der Waals surface area contributed by atoms with Gasteiger partial charge in [0.25, 0.3) is 0 Å². The van der Waals surface area contributed by atoms with Crippen molar-refractivity contribution in [3.63, 3.8) is 0 Å². The molecule has 8 heteroatoms. The van der Waals surface area contributed by atoms with E-state index < -0.39 is 5.82 Å². The fourth-order valence-corrected chi connectivity index (χ4v) is 4.88. The predicted octanol–water partition coefficient (Wildman–Crippen LogP) is 5.36. The molecule has 0 bridgehead atoms. The van der Waals surface area contributed by atoms with Gasteiger partial charge in [-0.3, -0.25) is 4.79 Å². The van der Waals surface area contributed by atoms with Crippen molar-refractivity contribution >= 4 is 40.4 Å². The van der Waals surface area contributed by atoms with Crippen LogP contribution < -0.4 is 10.6 Å². The van der Waals surface area contributed by atoms with Gasteiger partial charge in [0.1, 0.15) is 17.4 Å². The number of anilines is 4. The van der Waals surface area contributed by atoms with Crippen molar-refractivity contribution in [3.8, 4) is 5.75 Å². The van der Waals surface area contributed by atoms with Crippen LogP contribution in [-0.4, -0.2) is 39.6 Å². The van der Waals surface area contributed by atoms with Crippen LogP contribution in [0.25, 0.3) is 0 Å². The Morgan fingerprint density at radius 2 is 2.06 bits per heavy atom. The Kier molecular flexibility index (Phi) is 7.38. The standard InChI is InChI=1S/C26H28FN3O3S/c1-15-9-19(27)22(12-23(15)32)29-21-7-8-28-26-25(21)24(33)11-18-10-16(5-6-20(18)30-26)3-4-17(13-31)14-34-2/h5-10,12,17,31-32H,3-4,11,13-14H2,1-2H3,(H2,28,29,30). The van der Waals surface area contributed by atoms with E-state index in [2.05, 4.69) is 15.6 Å². The lowest BCUT2D eigenvalue weighted by Crippen LogP contribution is -2.10. The van der Waals surface area contributed by atoms with Crippen molar-refractivity contribution in [1.29, 1.82) is 0 Å². The molecule has 1 unspecified atom stereocenters. The van der Waals surface area contributed by atoms with E-state index in [1.165, 1.54) is 12.1 Å². The maximum atomic E-state index is 14.5. The molecule has 0 aliphatic carbocycles. The highest BCUT2D eigenvalue weighted by atomic mass is 32.2. The van der Waals surface area contributed by atoms with Gasteiger partial charge in [-0.25, -0.2) is 9.37 Å². The fraction of sp³-hybridized carbons (Fsp3) is 0.308. The summed E-state index contributed by atoms with van der Waals surface area (Å²) >= 11 is 1.73. The number of halogens is 1. The maximum absolute atomic E-state index is 14.5. The number of benzene rings is 2. The fourth-order valence-electron chi connectivity index (χ4n) is 4.14. The lowest BCUT2D eigenvalue weighted by Gasteiger charge is -2.15. The minimum Gasteiger partial charge on any atom is -0.508 e. The molecule has 1 atom stereocenters. The van der Waals surface area contributed by atoms with Crippen LogP contribution in [0.3, 0.4) is 0 Å². The number of nitrogens with zero attached hydrogens (tertiary/aromatic N) is 1. The Hall–Kier alpha value is -3.10. The lowest BCUT2D eigenvalue weighted by molar-refractivity contribution is 0.0995. The van der Waals surface area contributed by atoms with Crippen molar-refractivity contribution in [2.75, 3.05) is 29.2 Å². The monoisotopic (exact) mass is 481 g/mol. The Morgan fingerprint density at radius 3 is 2.82 bits per heavy atom. The molecule has 34 heavy (non-hydrogen) atoms. The minimum atomic E-state index is -0.523. The number of aromatic hydroxyl groups is 1. The topological polar surface area (TPSA) is 94.5 Å². The van der Waals surface area contributed by atoms with E-state index in [-0.39, 0.29) is 36.2 Å². The van der Waals surface area contributed by atoms with E-state index in [4.69, 9.17) is 0 Å². The SMILES string of the molecule is CSCC(CO)CCc1ccc2c(c1)CC(=O)c1c(Nc3cc(O)c(C)cc3F)ccnc1N2. The summed E-state index contributed by atoms with van der Waals surface area (Å²) < 4.78 is 14.5. The first-order chi connectivity index (χ1) is 16.4. The predicted molar refractivity (Wildman–Crippen MR) is 135 cm³/mol. The molecule has 4 rings (SSSR count). The molecule has 1 aliphatic heterocycles. The van der Waals surface area contributed by atoms with Crippen molar-refractivity contribution in [1.82, 2.24) is 4.98 Å². The number of carbonyl (C=O) groups excluding carboxylic acids is 1. The molecule has 6 nitrogen and oxygen atoms in total. The van der Waals surface area contributed by atoms with E-state index in [0.717, 1.165) is 35.4 Å². The van der Waals surface area contributed by atoms with Gasteiger partial charge in [-0.15, -0.1) is 0 Å². The number of hydrogen-bond acceptors (Lipinski definition) is 7. The third-order valence-electron chi connectivity index (χ3n) is 6.06. The second kappa shape index (κ2) is 10.4. The van der Waals surface area contributed by atoms with Gasteiger partial charge in [0.05, 0.1) is 16.9 Å². The van der Waals surface area contributed by atoms with E-state index in [9.17, 15) is 19.4 Å². The summed E-state index contributed by atoms with van der Waals surface area (Å²) in [6.07, 6.45) is 5.46. The number of aromatic nitrogens is 1. The Morgan fingerprint density at radius 1 is 1.24 bits per heavy atom. The first-order valence-corrected chi connectivity index (χ1v) is 12.6. The molecule has 0 saturated carbocycles. The molecular formula is C26H28FN3O3S. The van der Waals surface area contributed by atoms with Gasteiger partial charge in [-0.1, -0.05) is 12.1 Å². The zero-order chi connectivity index (χ0) is 24.2. The van der Waals surface area contributed by atoms with E-state index >= 15 is 0 Å². The minimum absolute atomic E-state index is 0.0330. The molecule has 4 N–H and O–H groups in total. The number of thioether (sulfide) groups is 1. The molecule has 2 heterocycles. The number of phenolic OH excluding ortho intramolecular Hbond substituents is 1. The molecule has 0 spiro atoms. The summed E-state index contributed by atoms with van der Waals surface area (Å²) in [7, 11) is 0. The smallest absolute Gasteiger partial charge is 0.173 e. The van der Waals surface area contributed by atoms with Crippen LogP contribution in [0, 0.1) is 18.7 Å². The molecule has 0 radical (unpaired) electrons. The van der Waals surface area contributed by atoms with Crippen LogP contribution in [0.15, 0.2) is 42.6 Å². The van der Waals surface area contributed by atoms with Crippen molar-refractivity contribution in [2.45, 2.75) is 26.2 Å². The molecular weight excluding hydrogens is 453 g/mol. The summed E-state index contributed by atoms with van der Waals surface area (Å²) in [5.74, 6) is 0.870. The summed E-state index contributed by atoms with van der Waals surface area (Å²) in [4.78, 5) is 17.6. The Labute approximate surface area is 202 Å². The van der Waals surface area contributed by atoms with Crippen LogP contribution in [0.5, 0.6) is 5.75 Å². The summed E-state index contributed by atoms with van der Waals surface area (Å²) in [6.45, 7) is 1.79. The largest absolute Gasteiger partial charge is 0.508 e. The number of Topliss-reactive ketones (excluding diaryl/α,β-unsaturated/α-hetero) is 1. The molecule has 1 aromatic heterocycles. The average Bonchev–Trinajstić information content (AvgIpc) is 2.95. The number of aliphatic hydroxyl groups is 1. The third kappa shape index (κ3) is 5.18. The number of fused-ring (bicyclic) bond motifs is 2. The van der Waals surface area contributed by atoms with Crippen molar-refractivity contribution < 1.29 is 19.4 Å². The van der Waals surface area contributed by atoms with Gasteiger partial charge in [-0.05, 0) is 72.6 Å². The molecule has 0 saturated heterocycles. The first kappa shape index (κ1) is 24.0. The van der Waals surface area contributed by atoms with Gasteiger partial charge in [-0.2, -0.15) is 11.8 Å². The van der Waals surface area contributed by atoms with Crippen LogP contribution in [0.4, 0.5) is 27.3 Å².